The average molecular weight is 401 g/mol. The van der Waals surface area contributed by atoms with E-state index >= 15 is 0 Å². The Morgan fingerprint density at radius 2 is 1.90 bits per heavy atom. The van der Waals surface area contributed by atoms with E-state index in [4.69, 9.17) is 10.2 Å². The SMILES string of the molecule is Cc1ccc2c(Cc3cc(CCCO)cc(C(=O)O)n3)c(-c3ccccc3)nn2c1. The Morgan fingerprint density at radius 1 is 1.10 bits per heavy atom. The highest BCUT2D eigenvalue weighted by molar-refractivity contribution is 5.85. The van der Waals surface area contributed by atoms with E-state index in [-0.39, 0.29) is 12.3 Å². The first kappa shape index (κ1) is 19.8. The molecule has 0 bridgehead atoms. The number of pyridine rings is 2. The van der Waals surface area contributed by atoms with Gasteiger partial charge in [-0.2, -0.15) is 5.10 Å². The lowest BCUT2D eigenvalue weighted by atomic mass is 10.0. The molecule has 6 nitrogen and oxygen atoms in total. The van der Waals surface area contributed by atoms with Crippen molar-refractivity contribution in [2.24, 2.45) is 0 Å². The number of carboxylic acids is 1. The van der Waals surface area contributed by atoms with Gasteiger partial charge in [0.15, 0.2) is 0 Å². The molecule has 152 valence electrons. The first-order valence-electron chi connectivity index (χ1n) is 9.92. The molecule has 2 N–H and O–H groups in total. The Kier molecular flexibility index (Phi) is 5.59. The molecule has 0 aliphatic carbocycles. The minimum absolute atomic E-state index is 0.0222. The number of benzene rings is 1. The summed E-state index contributed by atoms with van der Waals surface area (Å²) in [5.41, 5.74) is 6.51. The van der Waals surface area contributed by atoms with Crippen LogP contribution in [0.5, 0.6) is 0 Å². The topological polar surface area (TPSA) is 87.7 Å². The molecular formula is C24H23N3O3. The summed E-state index contributed by atoms with van der Waals surface area (Å²) < 4.78 is 1.88. The maximum Gasteiger partial charge on any atom is 0.354 e. The van der Waals surface area contributed by atoms with Gasteiger partial charge in [-0.15, -0.1) is 0 Å². The Bertz CT molecular complexity index is 1200. The van der Waals surface area contributed by atoms with Crippen molar-refractivity contribution >= 4 is 11.5 Å². The van der Waals surface area contributed by atoms with Crippen LogP contribution < -0.4 is 0 Å². The first-order valence-corrected chi connectivity index (χ1v) is 9.92. The van der Waals surface area contributed by atoms with Crippen LogP contribution in [0.1, 0.15) is 39.3 Å². The van der Waals surface area contributed by atoms with E-state index in [9.17, 15) is 9.90 Å². The number of aliphatic hydroxyl groups excluding tert-OH is 1. The third-order valence-electron chi connectivity index (χ3n) is 5.07. The lowest BCUT2D eigenvalue weighted by Gasteiger charge is -2.08. The molecule has 0 unspecified atom stereocenters. The molecule has 0 saturated heterocycles. The molecule has 1 aromatic carbocycles. The molecule has 0 saturated carbocycles. The fourth-order valence-electron chi connectivity index (χ4n) is 3.66. The average Bonchev–Trinajstić information content (AvgIpc) is 3.10. The van der Waals surface area contributed by atoms with Gasteiger partial charge in [0.1, 0.15) is 5.69 Å². The second-order valence-corrected chi connectivity index (χ2v) is 7.39. The Morgan fingerprint density at radius 3 is 2.63 bits per heavy atom. The molecule has 0 aliphatic rings. The van der Waals surface area contributed by atoms with Gasteiger partial charge in [0.25, 0.3) is 0 Å². The van der Waals surface area contributed by atoms with E-state index in [0.29, 0.717) is 25.0 Å². The van der Waals surface area contributed by atoms with Crippen molar-refractivity contribution in [1.82, 2.24) is 14.6 Å². The Labute approximate surface area is 174 Å². The lowest BCUT2D eigenvalue weighted by Crippen LogP contribution is -2.06. The molecule has 0 spiro atoms. The first-order chi connectivity index (χ1) is 14.5. The van der Waals surface area contributed by atoms with Crippen LogP contribution in [0.4, 0.5) is 0 Å². The van der Waals surface area contributed by atoms with E-state index in [1.54, 1.807) is 6.07 Å². The summed E-state index contributed by atoms with van der Waals surface area (Å²) in [6, 6.07) is 17.6. The number of aromatic carboxylic acids is 1. The van der Waals surface area contributed by atoms with Crippen LogP contribution in [0.15, 0.2) is 60.8 Å². The highest BCUT2D eigenvalue weighted by atomic mass is 16.4. The van der Waals surface area contributed by atoms with Crippen LogP contribution in [0.25, 0.3) is 16.8 Å². The van der Waals surface area contributed by atoms with Crippen LogP contribution in [-0.4, -0.2) is 37.4 Å². The van der Waals surface area contributed by atoms with Gasteiger partial charge in [-0.1, -0.05) is 36.4 Å². The standard InChI is InChI=1S/C24H23N3O3/c1-16-9-10-22-20(23(26-27(22)15-16)18-7-3-2-4-8-18)14-19-12-17(6-5-11-28)13-21(25-19)24(29)30/h2-4,7-10,12-13,15,28H,5-6,11,14H2,1H3,(H,29,30). The lowest BCUT2D eigenvalue weighted by molar-refractivity contribution is 0.0690. The zero-order valence-electron chi connectivity index (χ0n) is 16.7. The van der Waals surface area contributed by atoms with Gasteiger partial charge in [0.2, 0.25) is 0 Å². The molecule has 30 heavy (non-hydrogen) atoms. The van der Waals surface area contributed by atoms with Gasteiger partial charge in [-0.3, -0.25) is 0 Å². The number of nitrogens with zero attached hydrogens (tertiary/aromatic N) is 3. The number of rotatable bonds is 7. The molecule has 0 aliphatic heterocycles. The predicted molar refractivity (Wildman–Crippen MR) is 115 cm³/mol. The normalized spacial score (nSPS) is 11.1. The van der Waals surface area contributed by atoms with Crippen LogP contribution in [0, 0.1) is 6.92 Å². The van der Waals surface area contributed by atoms with E-state index in [0.717, 1.165) is 33.5 Å². The molecule has 4 rings (SSSR count). The minimum Gasteiger partial charge on any atom is -0.477 e. The van der Waals surface area contributed by atoms with Crippen molar-refractivity contribution < 1.29 is 15.0 Å². The summed E-state index contributed by atoms with van der Waals surface area (Å²) in [6.45, 7) is 2.08. The zero-order valence-corrected chi connectivity index (χ0v) is 16.7. The summed E-state index contributed by atoms with van der Waals surface area (Å²) >= 11 is 0. The van der Waals surface area contributed by atoms with Crippen molar-refractivity contribution in [2.45, 2.75) is 26.2 Å². The van der Waals surface area contributed by atoms with E-state index < -0.39 is 5.97 Å². The quantitative estimate of drug-likeness (QED) is 0.490. The van der Waals surface area contributed by atoms with E-state index in [2.05, 4.69) is 4.98 Å². The molecule has 3 heterocycles. The maximum absolute atomic E-state index is 11.6. The van der Waals surface area contributed by atoms with Crippen molar-refractivity contribution in [1.29, 1.82) is 0 Å². The highest BCUT2D eigenvalue weighted by Crippen LogP contribution is 2.28. The summed E-state index contributed by atoms with van der Waals surface area (Å²) in [5.74, 6) is -1.05. The fourth-order valence-corrected chi connectivity index (χ4v) is 3.66. The number of carbonyl (C=O) groups is 1. The number of carboxylic acid groups (broad SMARTS) is 1. The fraction of sp³-hybridized carbons (Fsp3) is 0.208. The Balaban J connectivity index is 1.83. The summed E-state index contributed by atoms with van der Waals surface area (Å²) in [4.78, 5) is 16.0. The Hall–Kier alpha value is -3.51. The number of aromatic nitrogens is 3. The summed E-state index contributed by atoms with van der Waals surface area (Å²) in [6.07, 6.45) is 3.63. The summed E-state index contributed by atoms with van der Waals surface area (Å²) in [7, 11) is 0. The molecule has 0 amide bonds. The molecule has 0 radical (unpaired) electrons. The summed E-state index contributed by atoms with van der Waals surface area (Å²) in [5, 5.41) is 23.4. The number of hydrogen-bond acceptors (Lipinski definition) is 4. The second-order valence-electron chi connectivity index (χ2n) is 7.39. The third-order valence-corrected chi connectivity index (χ3v) is 5.07. The van der Waals surface area contributed by atoms with Crippen LogP contribution in [0.2, 0.25) is 0 Å². The second kappa shape index (κ2) is 8.47. The molecule has 6 heteroatoms. The monoisotopic (exact) mass is 401 g/mol. The van der Waals surface area contributed by atoms with Crippen molar-refractivity contribution in [3.8, 4) is 11.3 Å². The van der Waals surface area contributed by atoms with Crippen LogP contribution >= 0.6 is 0 Å². The van der Waals surface area contributed by atoms with Gasteiger partial charge >= 0.3 is 5.97 Å². The number of fused-ring (bicyclic) bond motifs is 1. The van der Waals surface area contributed by atoms with Gasteiger partial charge < -0.3 is 10.2 Å². The van der Waals surface area contributed by atoms with Crippen molar-refractivity contribution in [3.63, 3.8) is 0 Å². The number of hydrogen-bond donors (Lipinski definition) is 2. The molecule has 3 aromatic heterocycles. The number of aryl methyl sites for hydroxylation is 2. The smallest absolute Gasteiger partial charge is 0.354 e. The van der Waals surface area contributed by atoms with Crippen LogP contribution in [-0.2, 0) is 12.8 Å². The number of aliphatic hydroxyl groups is 1. The highest BCUT2D eigenvalue weighted by Gasteiger charge is 2.17. The van der Waals surface area contributed by atoms with Gasteiger partial charge in [-0.05, 0) is 49.1 Å². The third kappa shape index (κ3) is 4.09. The van der Waals surface area contributed by atoms with Gasteiger partial charge in [0.05, 0.1) is 11.2 Å². The molecule has 4 aromatic rings. The maximum atomic E-state index is 11.6. The van der Waals surface area contributed by atoms with E-state index in [1.165, 1.54) is 0 Å². The van der Waals surface area contributed by atoms with Gasteiger partial charge in [-0.25, -0.2) is 14.3 Å². The van der Waals surface area contributed by atoms with Crippen molar-refractivity contribution in [3.05, 3.63) is 88.9 Å². The zero-order chi connectivity index (χ0) is 21.1. The van der Waals surface area contributed by atoms with Crippen LogP contribution in [0.3, 0.4) is 0 Å². The van der Waals surface area contributed by atoms with E-state index in [1.807, 2.05) is 66.2 Å². The molecular weight excluding hydrogens is 378 g/mol. The molecule has 0 fully saturated rings. The predicted octanol–water partition coefficient (Wildman–Crippen LogP) is 3.92. The van der Waals surface area contributed by atoms with Crippen molar-refractivity contribution in [2.75, 3.05) is 6.61 Å². The largest absolute Gasteiger partial charge is 0.477 e. The minimum atomic E-state index is -1.05. The van der Waals surface area contributed by atoms with Gasteiger partial charge in [0, 0.05) is 36.0 Å². The molecule has 0 atom stereocenters.